The van der Waals surface area contributed by atoms with Gasteiger partial charge < -0.3 is 30.2 Å². The molecule has 212 valence electrons. The van der Waals surface area contributed by atoms with Crippen LogP contribution in [0.5, 0.6) is 17.2 Å². The van der Waals surface area contributed by atoms with Crippen molar-refractivity contribution in [3.8, 4) is 28.6 Å². The van der Waals surface area contributed by atoms with Gasteiger partial charge in [-0.25, -0.2) is 4.98 Å². The highest BCUT2D eigenvalue weighted by Gasteiger charge is 2.34. The Morgan fingerprint density at radius 2 is 1.82 bits per heavy atom. The lowest BCUT2D eigenvalue weighted by Gasteiger charge is -2.18. The van der Waals surface area contributed by atoms with E-state index in [1.807, 2.05) is 0 Å². The fourth-order valence-corrected chi connectivity index (χ4v) is 4.05. The summed E-state index contributed by atoms with van der Waals surface area (Å²) in [4.78, 5) is 15.0. The number of nitrogens with two attached hydrogens (primary N) is 1. The number of ether oxygens (including phenoxy) is 2. The van der Waals surface area contributed by atoms with Gasteiger partial charge >= 0.3 is 6.18 Å². The highest BCUT2D eigenvalue weighted by molar-refractivity contribution is 7.86. The second-order valence-electron chi connectivity index (χ2n) is 8.41. The molecule has 0 fully saturated rings. The van der Waals surface area contributed by atoms with Gasteiger partial charge in [0.2, 0.25) is 0 Å². The maximum absolute atomic E-state index is 12.9. The molecule has 1 heterocycles. The SMILES string of the molecule is Cn1cc(C(F)(F)F)nc1-c1ccc(OCC(CNCCOc2ccc(O)c(C(N)=O)c2)OS(C)(=O)=O)cc1. The highest BCUT2D eigenvalue weighted by Crippen LogP contribution is 2.31. The average Bonchev–Trinajstić information content (AvgIpc) is 3.24. The average molecular weight is 573 g/mol. The molecule has 3 aromatic rings. The number of primary amides is 1. The molecule has 11 nitrogen and oxygen atoms in total. The molecule has 1 unspecified atom stereocenters. The highest BCUT2D eigenvalue weighted by atomic mass is 32.2. The molecule has 3 rings (SSSR count). The van der Waals surface area contributed by atoms with E-state index in [0.717, 1.165) is 12.5 Å². The van der Waals surface area contributed by atoms with Crippen molar-refractivity contribution < 1.29 is 45.1 Å². The van der Waals surface area contributed by atoms with E-state index in [1.165, 1.54) is 54.1 Å². The van der Waals surface area contributed by atoms with Crippen LogP contribution in [0.1, 0.15) is 16.1 Å². The quantitative estimate of drug-likeness (QED) is 0.207. The Morgan fingerprint density at radius 3 is 2.41 bits per heavy atom. The zero-order valence-corrected chi connectivity index (χ0v) is 21.8. The van der Waals surface area contributed by atoms with Gasteiger partial charge in [0.15, 0.2) is 5.69 Å². The number of alkyl halides is 3. The minimum Gasteiger partial charge on any atom is -0.507 e. The number of carbonyl (C=O) groups excluding carboxylic acids is 1. The minimum atomic E-state index is -4.56. The molecule has 0 bridgehead atoms. The second-order valence-corrected chi connectivity index (χ2v) is 10.0. The molecule has 1 amide bonds. The molecule has 0 radical (unpaired) electrons. The van der Waals surface area contributed by atoms with Crippen LogP contribution in [-0.4, -0.2) is 67.6 Å². The van der Waals surface area contributed by atoms with Crippen LogP contribution in [0.4, 0.5) is 13.2 Å². The van der Waals surface area contributed by atoms with E-state index >= 15 is 0 Å². The Labute approximate surface area is 222 Å². The normalized spacial score (nSPS) is 12.7. The number of halogens is 3. The molecule has 15 heteroatoms. The maximum Gasteiger partial charge on any atom is 0.434 e. The third-order valence-corrected chi connectivity index (χ3v) is 5.80. The summed E-state index contributed by atoms with van der Waals surface area (Å²) < 4.78 is 79.6. The predicted octanol–water partition coefficient (Wildman–Crippen LogP) is 2.30. The third-order valence-electron chi connectivity index (χ3n) is 5.18. The molecule has 2 aromatic carbocycles. The van der Waals surface area contributed by atoms with Crippen LogP contribution in [0, 0.1) is 0 Å². The number of amides is 1. The fourth-order valence-electron chi connectivity index (χ4n) is 3.43. The van der Waals surface area contributed by atoms with E-state index in [1.54, 1.807) is 0 Å². The number of carbonyl (C=O) groups is 1. The van der Waals surface area contributed by atoms with Crippen molar-refractivity contribution in [2.24, 2.45) is 12.8 Å². The Morgan fingerprint density at radius 1 is 1.15 bits per heavy atom. The molecule has 0 saturated carbocycles. The van der Waals surface area contributed by atoms with E-state index < -0.39 is 34.0 Å². The van der Waals surface area contributed by atoms with E-state index in [9.17, 15) is 31.5 Å². The van der Waals surface area contributed by atoms with E-state index in [-0.39, 0.29) is 43.4 Å². The molecule has 0 aliphatic carbocycles. The first-order chi connectivity index (χ1) is 18.2. The van der Waals surface area contributed by atoms with Crippen LogP contribution >= 0.6 is 0 Å². The number of phenols is 1. The lowest BCUT2D eigenvalue weighted by atomic mass is 10.2. The number of aromatic nitrogens is 2. The Kier molecular flexibility index (Phi) is 9.42. The first-order valence-electron chi connectivity index (χ1n) is 11.4. The number of imidazole rings is 1. The molecule has 39 heavy (non-hydrogen) atoms. The van der Waals surface area contributed by atoms with Gasteiger partial charge in [0.05, 0.1) is 11.8 Å². The maximum atomic E-state index is 12.9. The first kappa shape index (κ1) is 29.7. The molecule has 0 spiro atoms. The molecular formula is C24H27F3N4O7S. The lowest BCUT2D eigenvalue weighted by molar-refractivity contribution is -0.140. The van der Waals surface area contributed by atoms with Crippen molar-refractivity contribution in [2.75, 3.05) is 32.6 Å². The number of hydrogen-bond acceptors (Lipinski definition) is 9. The summed E-state index contributed by atoms with van der Waals surface area (Å²) in [5.41, 5.74) is 4.53. The summed E-state index contributed by atoms with van der Waals surface area (Å²) in [5.74, 6) is -0.308. The summed E-state index contributed by atoms with van der Waals surface area (Å²) in [7, 11) is -2.35. The van der Waals surface area contributed by atoms with Crippen molar-refractivity contribution >= 4 is 16.0 Å². The Bertz CT molecular complexity index is 1390. The first-order valence-corrected chi connectivity index (χ1v) is 13.2. The Hall–Kier alpha value is -3.82. The summed E-state index contributed by atoms with van der Waals surface area (Å²) in [6, 6.07) is 10.1. The van der Waals surface area contributed by atoms with Crippen molar-refractivity contribution in [1.82, 2.24) is 14.9 Å². The lowest BCUT2D eigenvalue weighted by Crippen LogP contribution is -2.37. The zero-order chi connectivity index (χ0) is 28.8. The summed E-state index contributed by atoms with van der Waals surface area (Å²) >= 11 is 0. The van der Waals surface area contributed by atoms with Gasteiger partial charge in [0.25, 0.3) is 16.0 Å². The topological polar surface area (TPSA) is 155 Å². The molecule has 0 aliphatic rings. The minimum absolute atomic E-state index is 0.0735. The van der Waals surface area contributed by atoms with Crippen molar-refractivity contribution in [3.63, 3.8) is 0 Å². The van der Waals surface area contributed by atoms with Crippen LogP contribution in [0.25, 0.3) is 11.4 Å². The number of rotatable bonds is 13. The molecule has 1 atom stereocenters. The van der Waals surface area contributed by atoms with Crippen molar-refractivity contribution in [2.45, 2.75) is 12.3 Å². The van der Waals surface area contributed by atoms with Gasteiger partial charge in [-0.3, -0.25) is 8.98 Å². The van der Waals surface area contributed by atoms with Crippen LogP contribution in [0.15, 0.2) is 48.7 Å². The third kappa shape index (κ3) is 8.87. The van der Waals surface area contributed by atoms with Gasteiger partial charge in [-0.05, 0) is 42.5 Å². The smallest absolute Gasteiger partial charge is 0.434 e. The number of nitrogens with zero attached hydrogens (tertiary/aromatic N) is 2. The van der Waals surface area contributed by atoms with Crippen LogP contribution in [0.2, 0.25) is 0 Å². The van der Waals surface area contributed by atoms with Gasteiger partial charge in [0, 0.05) is 31.9 Å². The fraction of sp³-hybridized carbons (Fsp3) is 0.333. The monoisotopic (exact) mass is 572 g/mol. The molecule has 1 aromatic heterocycles. The van der Waals surface area contributed by atoms with Gasteiger partial charge in [-0.15, -0.1) is 0 Å². The molecule has 0 saturated heterocycles. The standard InChI is InChI=1S/C24H27F3N4O7S/c1-31-13-21(24(25,26)27)30-23(31)15-3-5-16(6-4-15)37-14-18(38-39(2,34)35)12-29-9-10-36-17-7-8-20(32)19(11-17)22(28)33/h3-8,11,13,18,29,32H,9-10,12,14H2,1-2H3,(H2,28,33). The van der Waals surface area contributed by atoms with Crippen molar-refractivity contribution in [1.29, 1.82) is 0 Å². The summed E-state index contributed by atoms with van der Waals surface area (Å²) in [6.07, 6.45) is -3.67. The van der Waals surface area contributed by atoms with E-state index in [2.05, 4.69) is 10.3 Å². The van der Waals surface area contributed by atoms with E-state index in [0.29, 0.717) is 17.1 Å². The van der Waals surface area contributed by atoms with Crippen LogP contribution in [0.3, 0.4) is 0 Å². The second kappa shape index (κ2) is 12.4. The summed E-state index contributed by atoms with van der Waals surface area (Å²) in [6.45, 7) is 0.333. The van der Waals surface area contributed by atoms with E-state index in [4.69, 9.17) is 19.4 Å². The Balaban J connectivity index is 1.53. The van der Waals surface area contributed by atoms with Crippen LogP contribution < -0.4 is 20.5 Å². The van der Waals surface area contributed by atoms with Gasteiger partial charge in [-0.1, -0.05) is 0 Å². The predicted molar refractivity (Wildman–Crippen MR) is 134 cm³/mol. The molecule has 4 N–H and O–H groups in total. The number of hydrogen-bond donors (Lipinski definition) is 3. The summed E-state index contributed by atoms with van der Waals surface area (Å²) in [5, 5.41) is 12.6. The van der Waals surface area contributed by atoms with Gasteiger partial charge in [-0.2, -0.15) is 21.6 Å². The van der Waals surface area contributed by atoms with Crippen LogP contribution in [-0.2, 0) is 27.5 Å². The number of benzene rings is 2. The largest absolute Gasteiger partial charge is 0.507 e. The van der Waals surface area contributed by atoms with Crippen molar-refractivity contribution in [3.05, 3.63) is 59.9 Å². The number of nitrogens with one attached hydrogen (secondary N) is 1. The molecular weight excluding hydrogens is 545 g/mol. The zero-order valence-electron chi connectivity index (χ0n) is 20.9. The number of aryl methyl sites for hydroxylation is 1. The number of aromatic hydroxyl groups is 1. The van der Waals surface area contributed by atoms with Gasteiger partial charge in [0.1, 0.15) is 42.4 Å². The molecule has 0 aliphatic heterocycles.